The molecule has 0 saturated carbocycles. The number of nitrogens with zero attached hydrogens (tertiary/aromatic N) is 1. The minimum Gasteiger partial charge on any atom is -0.342 e. The monoisotopic (exact) mass is 230 g/mol. The van der Waals surface area contributed by atoms with Crippen molar-refractivity contribution in [1.29, 1.82) is 0 Å². The van der Waals surface area contributed by atoms with Crippen molar-refractivity contribution in [3.8, 4) is 0 Å². The number of nitrogens with one attached hydrogen (secondary N) is 1. The standard InChI is InChI=1S/C13H14N2S/c1-7(2)13-14-10-5-4-9-6-8(3)16-12(9)11(10)15-13/h4-7H,1-3H3,(H,14,15). The van der Waals surface area contributed by atoms with E-state index >= 15 is 0 Å². The lowest BCUT2D eigenvalue weighted by molar-refractivity contribution is 0.799. The number of aryl methyl sites for hydroxylation is 1. The first-order chi connectivity index (χ1) is 7.65. The van der Waals surface area contributed by atoms with Crippen LogP contribution in [0.3, 0.4) is 0 Å². The van der Waals surface area contributed by atoms with Crippen LogP contribution in [0, 0.1) is 6.92 Å². The summed E-state index contributed by atoms with van der Waals surface area (Å²) in [4.78, 5) is 9.44. The van der Waals surface area contributed by atoms with Gasteiger partial charge in [-0.05, 0) is 24.4 Å². The van der Waals surface area contributed by atoms with Crippen LogP contribution in [0.15, 0.2) is 18.2 Å². The van der Waals surface area contributed by atoms with Crippen LogP contribution < -0.4 is 0 Å². The van der Waals surface area contributed by atoms with E-state index in [4.69, 9.17) is 4.98 Å². The molecule has 0 aliphatic heterocycles. The van der Waals surface area contributed by atoms with Crippen molar-refractivity contribution < 1.29 is 0 Å². The lowest BCUT2D eigenvalue weighted by Gasteiger charge is -1.95. The molecule has 0 unspecified atom stereocenters. The smallest absolute Gasteiger partial charge is 0.109 e. The van der Waals surface area contributed by atoms with Gasteiger partial charge in [0.25, 0.3) is 0 Å². The second-order valence-corrected chi connectivity index (χ2v) is 5.77. The maximum Gasteiger partial charge on any atom is 0.109 e. The minimum atomic E-state index is 0.448. The molecule has 16 heavy (non-hydrogen) atoms. The van der Waals surface area contributed by atoms with Crippen LogP contribution >= 0.6 is 11.3 Å². The molecule has 1 N–H and O–H groups in total. The van der Waals surface area contributed by atoms with E-state index in [2.05, 4.69) is 44.0 Å². The fraction of sp³-hybridized carbons (Fsp3) is 0.308. The number of H-pyrrole nitrogens is 1. The Hall–Kier alpha value is -1.35. The third-order valence-electron chi connectivity index (χ3n) is 2.83. The number of rotatable bonds is 1. The van der Waals surface area contributed by atoms with E-state index in [0.29, 0.717) is 5.92 Å². The highest BCUT2D eigenvalue weighted by Crippen LogP contribution is 2.31. The topological polar surface area (TPSA) is 28.7 Å². The van der Waals surface area contributed by atoms with Gasteiger partial charge < -0.3 is 4.98 Å². The van der Waals surface area contributed by atoms with Gasteiger partial charge in [-0.1, -0.05) is 19.9 Å². The highest BCUT2D eigenvalue weighted by atomic mass is 32.1. The van der Waals surface area contributed by atoms with Crippen molar-refractivity contribution in [2.24, 2.45) is 0 Å². The first-order valence-corrected chi connectivity index (χ1v) is 6.35. The molecule has 3 heteroatoms. The zero-order valence-electron chi connectivity index (χ0n) is 9.66. The lowest BCUT2D eigenvalue weighted by Crippen LogP contribution is -1.88. The highest BCUT2D eigenvalue weighted by Gasteiger charge is 2.10. The van der Waals surface area contributed by atoms with Gasteiger partial charge in [0.05, 0.1) is 10.2 Å². The zero-order chi connectivity index (χ0) is 11.3. The van der Waals surface area contributed by atoms with E-state index in [-0.39, 0.29) is 0 Å². The molecule has 1 aromatic carbocycles. The van der Waals surface area contributed by atoms with Crippen molar-refractivity contribution in [3.63, 3.8) is 0 Å². The predicted molar refractivity (Wildman–Crippen MR) is 70.3 cm³/mol. The predicted octanol–water partition coefficient (Wildman–Crippen LogP) is 4.21. The Morgan fingerprint density at radius 3 is 2.88 bits per heavy atom. The van der Waals surface area contributed by atoms with Gasteiger partial charge in [0.2, 0.25) is 0 Å². The molecule has 0 aliphatic carbocycles. The summed E-state index contributed by atoms with van der Waals surface area (Å²) < 4.78 is 1.30. The molecule has 0 saturated heterocycles. The Kier molecular flexibility index (Phi) is 2.04. The number of hydrogen-bond acceptors (Lipinski definition) is 2. The van der Waals surface area contributed by atoms with Crippen LogP contribution in [0.1, 0.15) is 30.5 Å². The zero-order valence-corrected chi connectivity index (χ0v) is 10.5. The summed E-state index contributed by atoms with van der Waals surface area (Å²) in [7, 11) is 0. The van der Waals surface area contributed by atoms with Crippen molar-refractivity contribution in [3.05, 3.63) is 28.9 Å². The number of aromatic nitrogens is 2. The number of benzene rings is 1. The molecule has 3 aromatic rings. The third kappa shape index (κ3) is 1.35. The second-order valence-electron chi connectivity index (χ2n) is 4.51. The summed E-state index contributed by atoms with van der Waals surface area (Å²) in [6.45, 7) is 6.47. The van der Waals surface area contributed by atoms with Crippen molar-refractivity contribution in [2.75, 3.05) is 0 Å². The molecule has 3 rings (SSSR count). The second kappa shape index (κ2) is 3.32. The summed E-state index contributed by atoms with van der Waals surface area (Å²) in [6, 6.07) is 6.52. The van der Waals surface area contributed by atoms with E-state index < -0.39 is 0 Å². The van der Waals surface area contributed by atoms with E-state index in [1.807, 2.05) is 11.3 Å². The molecule has 0 aliphatic rings. The number of fused-ring (bicyclic) bond motifs is 3. The van der Waals surface area contributed by atoms with Gasteiger partial charge >= 0.3 is 0 Å². The molecular weight excluding hydrogens is 216 g/mol. The molecule has 0 spiro atoms. The number of hydrogen-bond donors (Lipinski definition) is 1. The maximum atomic E-state index is 4.71. The molecule has 2 nitrogen and oxygen atoms in total. The van der Waals surface area contributed by atoms with Crippen LogP contribution in [0.25, 0.3) is 21.1 Å². The van der Waals surface area contributed by atoms with Gasteiger partial charge in [-0.15, -0.1) is 11.3 Å². The molecule has 0 radical (unpaired) electrons. The normalized spacial score (nSPS) is 12.0. The third-order valence-corrected chi connectivity index (χ3v) is 3.90. The first-order valence-electron chi connectivity index (χ1n) is 5.54. The van der Waals surface area contributed by atoms with Crippen molar-refractivity contribution >= 4 is 32.5 Å². The fourth-order valence-electron chi connectivity index (χ4n) is 1.99. The lowest BCUT2D eigenvalue weighted by atomic mass is 10.2. The van der Waals surface area contributed by atoms with Crippen molar-refractivity contribution in [2.45, 2.75) is 26.7 Å². The fourth-order valence-corrected chi connectivity index (χ4v) is 2.99. The Bertz CT molecular complexity index is 661. The SMILES string of the molecule is Cc1cc2ccc3[nH]c(C(C)C)nc3c2s1. The van der Waals surface area contributed by atoms with Crippen LogP contribution in [0.2, 0.25) is 0 Å². The number of thiophene rings is 1. The first kappa shape index (κ1) is 9.85. The van der Waals surface area contributed by atoms with Crippen LogP contribution in [0.4, 0.5) is 0 Å². The molecule has 2 heterocycles. The highest BCUT2D eigenvalue weighted by molar-refractivity contribution is 7.19. The van der Waals surface area contributed by atoms with Gasteiger partial charge in [0.15, 0.2) is 0 Å². The van der Waals surface area contributed by atoms with E-state index in [1.54, 1.807) is 0 Å². The average molecular weight is 230 g/mol. The number of imidazole rings is 1. The summed E-state index contributed by atoms with van der Waals surface area (Å²) in [5.74, 6) is 1.53. The summed E-state index contributed by atoms with van der Waals surface area (Å²) in [5.41, 5.74) is 2.28. The van der Waals surface area contributed by atoms with Crippen molar-refractivity contribution in [1.82, 2.24) is 9.97 Å². The summed E-state index contributed by atoms with van der Waals surface area (Å²) in [6.07, 6.45) is 0. The van der Waals surface area contributed by atoms with Crippen LogP contribution in [-0.2, 0) is 0 Å². The van der Waals surface area contributed by atoms with Gasteiger partial charge in [-0.25, -0.2) is 4.98 Å². The summed E-state index contributed by atoms with van der Waals surface area (Å²) >= 11 is 1.82. The molecule has 2 aromatic heterocycles. The molecule has 82 valence electrons. The molecule has 0 fully saturated rings. The van der Waals surface area contributed by atoms with Gasteiger partial charge in [-0.2, -0.15) is 0 Å². The van der Waals surface area contributed by atoms with E-state index in [0.717, 1.165) is 16.9 Å². The number of aromatic amines is 1. The molecular formula is C13H14N2S. The summed E-state index contributed by atoms with van der Waals surface area (Å²) in [5, 5.41) is 1.30. The average Bonchev–Trinajstić information content (AvgIpc) is 2.77. The maximum absolute atomic E-state index is 4.71. The van der Waals surface area contributed by atoms with Gasteiger partial charge in [-0.3, -0.25) is 0 Å². The minimum absolute atomic E-state index is 0.448. The van der Waals surface area contributed by atoms with E-state index in [9.17, 15) is 0 Å². The van der Waals surface area contributed by atoms with E-state index in [1.165, 1.54) is 15.0 Å². The van der Waals surface area contributed by atoms with Gasteiger partial charge in [0.1, 0.15) is 11.3 Å². The molecule has 0 bridgehead atoms. The van der Waals surface area contributed by atoms with Crippen LogP contribution in [-0.4, -0.2) is 9.97 Å². The van der Waals surface area contributed by atoms with Gasteiger partial charge in [0, 0.05) is 10.8 Å². The Balaban J connectivity index is 2.40. The quantitative estimate of drug-likeness (QED) is 0.666. The Morgan fingerprint density at radius 1 is 1.31 bits per heavy atom. The largest absolute Gasteiger partial charge is 0.342 e. The molecule has 0 amide bonds. The molecule has 0 atom stereocenters. The van der Waals surface area contributed by atoms with Crippen LogP contribution in [0.5, 0.6) is 0 Å². The Labute approximate surface area is 98.3 Å². The Morgan fingerprint density at radius 2 is 2.12 bits per heavy atom.